The number of aromatic nitrogens is 2. The second-order valence-electron chi connectivity index (χ2n) is 5.44. The monoisotopic (exact) mass is 373 g/mol. The van der Waals surface area contributed by atoms with Gasteiger partial charge in [0.05, 0.1) is 23.4 Å². The maximum absolute atomic E-state index is 12.4. The highest BCUT2D eigenvalue weighted by atomic mass is 32.2. The minimum atomic E-state index is -0.390. The van der Waals surface area contributed by atoms with Gasteiger partial charge >= 0.3 is 5.97 Å². The number of thiophene rings is 1. The molecule has 2 aromatic heterocycles. The van der Waals surface area contributed by atoms with Crippen LogP contribution in [0.25, 0.3) is 21.5 Å². The summed E-state index contributed by atoms with van der Waals surface area (Å²) in [5, 5.41) is 1.37. The van der Waals surface area contributed by atoms with Crippen LogP contribution in [-0.4, -0.2) is 28.8 Å². The van der Waals surface area contributed by atoms with E-state index in [0.717, 1.165) is 29.5 Å². The zero-order chi connectivity index (χ0) is 17.8. The lowest BCUT2D eigenvalue weighted by molar-refractivity contribution is 0.0506. The van der Waals surface area contributed by atoms with Crippen LogP contribution >= 0.6 is 23.1 Å². The maximum Gasteiger partial charge on any atom is 0.350 e. The fraction of sp³-hybridized carbons (Fsp3) is 0.278. The summed E-state index contributed by atoms with van der Waals surface area (Å²) in [5.41, 5.74) is 8.38. The van der Waals surface area contributed by atoms with Crippen molar-refractivity contribution in [3.63, 3.8) is 0 Å². The molecule has 0 unspecified atom stereocenters. The Hall–Kier alpha value is -2.12. The first-order valence-corrected chi connectivity index (χ1v) is 10.1. The minimum Gasteiger partial charge on any atom is -0.461 e. The van der Waals surface area contributed by atoms with E-state index in [1.165, 1.54) is 23.1 Å². The number of anilines is 1. The zero-order valence-electron chi connectivity index (χ0n) is 14.1. The van der Waals surface area contributed by atoms with Crippen molar-refractivity contribution in [1.29, 1.82) is 0 Å². The summed E-state index contributed by atoms with van der Waals surface area (Å²) in [4.78, 5) is 22.6. The number of fused-ring (bicyclic) bond motifs is 1. The van der Waals surface area contributed by atoms with Crippen molar-refractivity contribution < 1.29 is 9.53 Å². The number of nitrogens with two attached hydrogens (primary N) is 1. The molecule has 0 saturated carbocycles. The third-order valence-corrected chi connectivity index (χ3v) is 5.34. The number of hydrogen-bond donors (Lipinski definition) is 1. The number of ether oxygens (including phenoxy) is 1. The highest BCUT2D eigenvalue weighted by Crippen LogP contribution is 2.39. The molecule has 0 bridgehead atoms. The number of carbonyl (C=O) groups excluding carboxylic acids is 1. The fourth-order valence-electron chi connectivity index (χ4n) is 2.42. The van der Waals surface area contributed by atoms with Gasteiger partial charge in [0, 0.05) is 5.56 Å². The minimum absolute atomic E-state index is 0.390. The van der Waals surface area contributed by atoms with E-state index in [4.69, 9.17) is 10.5 Å². The summed E-state index contributed by atoms with van der Waals surface area (Å²) in [6.07, 6.45) is 3.73. The highest BCUT2D eigenvalue weighted by molar-refractivity contribution is 7.98. The molecule has 0 fully saturated rings. The molecular formula is C18H19N3O2S2. The standard InChI is InChI=1S/C18H19N3O2S2/c1-3-4-10-23-17(22)15-13(19)12-14(11-8-6-5-7-9-11)20-18(24-2)21-16(12)25-15/h5-9H,3-4,10,19H2,1-2H3. The molecule has 2 N–H and O–H groups in total. The summed E-state index contributed by atoms with van der Waals surface area (Å²) in [7, 11) is 0. The molecule has 0 amide bonds. The lowest BCUT2D eigenvalue weighted by Crippen LogP contribution is -2.06. The van der Waals surface area contributed by atoms with Crippen LogP contribution in [0.5, 0.6) is 0 Å². The number of thioether (sulfide) groups is 1. The Morgan fingerprint density at radius 2 is 2.04 bits per heavy atom. The second kappa shape index (κ2) is 7.84. The van der Waals surface area contributed by atoms with Gasteiger partial charge in [-0.25, -0.2) is 14.8 Å². The summed E-state index contributed by atoms with van der Waals surface area (Å²) >= 11 is 2.72. The van der Waals surface area contributed by atoms with Gasteiger partial charge < -0.3 is 10.5 Å². The van der Waals surface area contributed by atoms with Crippen LogP contribution in [-0.2, 0) is 4.74 Å². The van der Waals surface area contributed by atoms with E-state index in [0.29, 0.717) is 27.2 Å². The number of esters is 1. The second-order valence-corrected chi connectivity index (χ2v) is 7.21. The Balaban J connectivity index is 2.12. The Bertz CT molecular complexity index is 894. The molecule has 0 spiro atoms. The third kappa shape index (κ3) is 3.62. The van der Waals surface area contributed by atoms with Gasteiger partial charge in [-0.3, -0.25) is 0 Å². The topological polar surface area (TPSA) is 78.1 Å². The summed E-state index contributed by atoms with van der Waals surface area (Å²) < 4.78 is 5.32. The fourth-order valence-corrected chi connectivity index (χ4v) is 3.84. The Kier molecular flexibility index (Phi) is 5.55. The predicted molar refractivity (Wildman–Crippen MR) is 104 cm³/mol. The molecule has 0 aliphatic heterocycles. The Labute approximate surface area is 154 Å². The molecule has 1 aromatic carbocycles. The van der Waals surface area contributed by atoms with Crippen molar-refractivity contribution in [3.05, 3.63) is 35.2 Å². The number of nitrogens with zero attached hydrogens (tertiary/aromatic N) is 2. The molecular weight excluding hydrogens is 354 g/mol. The quantitative estimate of drug-likeness (QED) is 0.294. The highest BCUT2D eigenvalue weighted by Gasteiger charge is 2.22. The lowest BCUT2D eigenvalue weighted by atomic mass is 10.1. The average Bonchev–Trinajstić information content (AvgIpc) is 2.98. The van der Waals surface area contributed by atoms with Crippen LogP contribution in [0.3, 0.4) is 0 Å². The van der Waals surface area contributed by atoms with Crippen molar-refractivity contribution >= 4 is 45.0 Å². The van der Waals surface area contributed by atoms with Crippen LogP contribution in [0, 0.1) is 0 Å². The van der Waals surface area contributed by atoms with E-state index < -0.39 is 5.97 Å². The molecule has 0 aliphatic rings. The van der Waals surface area contributed by atoms with Crippen LogP contribution in [0.2, 0.25) is 0 Å². The van der Waals surface area contributed by atoms with Gasteiger partial charge in [0.2, 0.25) is 0 Å². The van der Waals surface area contributed by atoms with Crippen LogP contribution in [0.15, 0.2) is 35.5 Å². The first-order chi connectivity index (χ1) is 12.2. The number of unbranched alkanes of at least 4 members (excludes halogenated alkanes) is 1. The molecule has 0 atom stereocenters. The largest absolute Gasteiger partial charge is 0.461 e. The average molecular weight is 374 g/mol. The maximum atomic E-state index is 12.4. The predicted octanol–water partition coefficient (Wildman–Crippen LogP) is 4.62. The summed E-state index contributed by atoms with van der Waals surface area (Å²) in [6, 6.07) is 9.80. The van der Waals surface area contributed by atoms with E-state index in [2.05, 4.69) is 9.97 Å². The number of hydrogen-bond acceptors (Lipinski definition) is 7. The zero-order valence-corrected chi connectivity index (χ0v) is 15.7. The van der Waals surface area contributed by atoms with Gasteiger partial charge in [0.25, 0.3) is 0 Å². The van der Waals surface area contributed by atoms with Crippen molar-refractivity contribution in [1.82, 2.24) is 9.97 Å². The van der Waals surface area contributed by atoms with Crippen molar-refractivity contribution in [3.8, 4) is 11.3 Å². The van der Waals surface area contributed by atoms with Crippen molar-refractivity contribution in [2.75, 3.05) is 18.6 Å². The van der Waals surface area contributed by atoms with Gasteiger partial charge in [-0.1, -0.05) is 55.4 Å². The van der Waals surface area contributed by atoms with Crippen molar-refractivity contribution in [2.24, 2.45) is 0 Å². The molecule has 0 saturated heterocycles. The summed E-state index contributed by atoms with van der Waals surface area (Å²) in [6.45, 7) is 2.45. The number of rotatable bonds is 6. The molecule has 2 heterocycles. The van der Waals surface area contributed by atoms with Crippen LogP contribution in [0.1, 0.15) is 29.4 Å². The number of benzene rings is 1. The van der Waals surface area contributed by atoms with Crippen LogP contribution in [0.4, 0.5) is 5.69 Å². The molecule has 3 rings (SSSR count). The first kappa shape index (κ1) is 17.7. The van der Waals surface area contributed by atoms with Gasteiger partial charge in [-0.05, 0) is 12.7 Å². The van der Waals surface area contributed by atoms with Gasteiger partial charge in [0.1, 0.15) is 9.71 Å². The molecule has 3 aromatic rings. The molecule has 130 valence electrons. The normalized spacial score (nSPS) is 11.0. The molecule has 0 aliphatic carbocycles. The SMILES string of the molecule is CCCCOC(=O)c1sc2nc(SC)nc(-c3ccccc3)c2c1N. The Morgan fingerprint density at radius 1 is 1.28 bits per heavy atom. The number of carbonyl (C=O) groups is 1. The van der Waals surface area contributed by atoms with Gasteiger partial charge in [-0.2, -0.15) is 0 Å². The Morgan fingerprint density at radius 3 is 2.72 bits per heavy atom. The third-order valence-electron chi connectivity index (χ3n) is 3.71. The van der Waals surface area contributed by atoms with Crippen molar-refractivity contribution in [2.45, 2.75) is 24.9 Å². The van der Waals surface area contributed by atoms with E-state index in [1.807, 2.05) is 43.5 Å². The molecule has 25 heavy (non-hydrogen) atoms. The van der Waals surface area contributed by atoms with Gasteiger partial charge in [0.15, 0.2) is 5.16 Å². The van der Waals surface area contributed by atoms with Gasteiger partial charge in [-0.15, -0.1) is 11.3 Å². The smallest absolute Gasteiger partial charge is 0.350 e. The molecule has 0 radical (unpaired) electrons. The molecule has 5 nitrogen and oxygen atoms in total. The lowest BCUT2D eigenvalue weighted by Gasteiger charge is -2.06. The van der Waals surface area contributed by atoms with E-state index in [-0.39, 0.29) is 0 Å². The summed E-state index contributed by atoms with van der Waals surface area (Å²) in [5.74, 6) is -0.390. The van der Waals surface area contributed by atoms with E-state index >= 15 is 0 Å². The van der Waals surface area contributed by atoms with E-state index in [1.54, 1.807) is 0 Å². The number of nitrogen functional groups attached to an aromatic ring is 1. The molecule has 7 heteroatoms. The first-order valence-electron chi connectivity index (χ1n) is 8.02. The van der Waals surface area contributed by atoms with Crippen LogP contribution < -0.4 is 5.73 Å². The van der Waals surface area contributed by atoms with E-state index in [9.17, 15) is 4.79 Å².